The molecule has 8 nitrogen and oxygen atoms in total. The minimum atomic E-state index is -0.0146. The lowest BCUT2D eigenvalue weighted by Gasteiger charge is -2.35. The van der Waals surface area contributed by atoms with E-state index in [1.54, 1.807) is 6.07 Å². The number of nitrogens with one attached hydrogen (secondary N) is 1. The third-order valence-electron chi connectivity index (χ3n) is 4.85. The molecule has 8 heteroatoms. The molecule has 5 N–H and O–H groups in total. The second-order valence-electron chi connectivity index (χ2n) is 6.88. The molecule has 1 saturated heterocycles. The fourth-order valence-electron chi connectivity index (χ4n) is 3.44. The van der Waals surface area contributed by atoms with Crippen molar-refractivity contribution in [1.82, 2.24) is 14.9 Å². The molecule has 0 saturated carbocycles. The van der Waals surface area contributed by atoms with Crippen molar-refractivity contribution in [1.29, 1.82) is 0 Å². The number of piperazine rings is 1. The summed E-state index contributed by atoms with van der Waals surface area (Å²) in [5, 5.41) is 5.26. The number of carbonyl (C=O) groups excluding carboxylic acids is 1. The van der Waals surface area contributed by atoms with Crippen molar-refractivity contribution in [3.8, 4) is 0 Å². The van der Waals surface area contributed by atoms with E-state index in [9.17, 15) is 4.79 Å². The molecule has 0 radical (unpaired) electrons. The van der Waals surface area contributed by atoms with Gasteiger partial charge in [-0.2, -0.15) is 9.97 Å². The number of nitrogens with zero attached hydrogens (tertiary/aromatic N) is 4. The third-order valence-corrected chi connectivity index (χ3v) is 4.85. The van der Waals surface area contributed by atoms with Crippen LogP contribution in [0.25, 0.3) is 10.8 Å². The van der Waals surface area contributed by atoms with Crippen LogP contribution in [0.3, 0.4) is 0 Å². The van der Waals surface area contributed by atoms with E-state index in [0.717, 1.165) is 48.5 Å². The molecule has 0 bridgehead atoms. The summed E-state index contributed by atoms with van der Waals surface area (Å²) in [7, 11) is 0. The summed E-state index contributed by atoms with van der Waals surface area (Å²) in [5.74, 6) is 1.25. The van der Waals surface area contributed by atoms with E-state index < -0.39 is 0 Å². The summed E-state index contributed by atoms with van der Waals surface area (Å²) in [6.07, 6.45) is 0. The SMILES string of the molecule is Nc1cc(N2CCN(CC(=O)Nc3ccc4ccccc4c3)CC2)nc(N)n1. The quantitative estimate of drug-likeness (QED) is 0.632. The van der Waals surface area contributed by atoms with Gasteiger partial charge < -0.3 is 21.7 Å². The maximum atomic E-state index is 12.4. The second-order valence-corrected chi connectivity index (χ2v) is 6.88. The third kappa shape index (κ3) is 4.12. The molecule has 0 aliphatic carbocycles. The van der Waals surface area contributed by atoms with Gasteiger partial charge in [0.25, 0.3) is 0 Å². The number of nitrogen functional groups attached to an aromatic ring is 2. The highest BCUT2D eigenvalue weighted by Crippen LogP contribution is 2.19. The zero-order valence-electron chi connectivity index (χ0n) is 15.5. The molecule has 3 aromatic rings. The normalized spacial score (nSPS) is 14.9. The molecule has 28 heavy (non-hydrogen) atoms. The molecular weight excluding hydrogens is 354 g/mol. The average Bonchev–Trinajstić information content (AvgIpc) is 2.67. The van der Waals surface area contributed by atoms with Crippen molar-refractivity contribution in [2.45, 2.75) is 0 Å². The van der Waals surface area contributed by atoms with E-state index in [-0.39, 0.29) is 11.9 Å². The van der Waals surface area contributed by atoms with Gasteiger partial charge in [0.2, 0.25) is 11.9 Å². The van der Waals surface area contributed by atoms with Crippen LogP contribution in [0.4, 0.5) is 23.3 Å². The van der Waals surface area contributed by atoms with Gasteiger partial charge in [0.05, 0.1) is 6.54 Å². The average molecular weight is 377 g/mol. The van der Waals surface area contributed by atoms with Gasteiger partial charge in [-0.15, -0.1) is 0 Å². The largest absolute Gasteiger partial charge is 0.383 e. The van der Waals surface area contributed by atoms with E-state index in [2.05, 4.69) is 31.2 Å². The van der Waals surface area contributed by atoms with E-state index in [1.807, 2.05) is 36.4 Å². The topological polar surface area (TPSA) is 113 Å². The molecule has 1 fully saturated rings. The molecule has 0 unspecified atom stereocenters. The Kier molecular flexibility index (Phi) is 4.94. The summed E-state index contributed by atoms with van der Waals surface area (Å²) in [4.78, 5) is 24.8. The van der Waals surface area contributed by atoms with Crippen LogP contribution in [0.1, 0.15) is 0 Å². The van der Waals surface area contributed by atoms with Gasteiger partial charge in [0.15, 0.2) is 0 Å². The van der Waals surface area contributed by atoms with Crippen molar-refractivity contribution in [3.63, 3.8) is 0 Å². The molecule has 0 spiro atoms. The molecule has 2 heterocycles. The maximum absolute atomic E-state index is 12.4. The van der Waals surface area contributed by atoms with Gasteiger partial charge in [-0.05, 0) is 22.9 Å². The predicted molar refractivity (Wildman–Crippen MR) is 112 cm³/mol. The van der Waals surface area contributed by atoms with Crippen LogP contribution in [0.2, 0.25) is 0 Å². The van der Waals surface area contributed by atoms with Gasteiger partial charge in [0, 0.05) is 37.9 Å². The summed E-state index contributed by atoms with van der Waals surface area (Å²) in [6, 6.07) is 15.8. The van der Waals surface area contributed by atoms with Crippen molar-refractivity contribution in [2.24, 2.45) is 0 Å². The summed E-state index contributed by atoms with van der Waals surface area (Å²) >= 11 is 0. The number of anilines is 4. The van der Waals surface area contributed by atoms with Crippen LogP contribution in [0.5, 0.6) is 0 Å². The number of fused-ring (bicyclic) bond motifs is 1. The van der Waals surface area contributed by atoms with E-state index in [0.29, 0.717) is 12.4 Å². The van der Waals surface area contributed by atoms with E-state index in [4.69, 9.17) is 11.5 Å². The van der Waals surface area contributed by atoms with Gasteiger partial charge >= 0.3 is 0 Å². The molecule has 1 amide bonds. The summed E-state index contributed by atoms with van der Waals surface area (Å²) in [5.41, 5.74) is 12.2. The number of benzene rings is 2. The van der Waals surface area contributed by atoms with Crippen molar-refractivity contribution >= 4 is 40.0 Å². The lowest BCUT2D eigenvalue weighted by atomic mass is 10.1. The fraction of sp³-hybridized carbons (Fsp3) is 0.250. The first-order chi connectivity index (χ1) is 13.6. The monoisotopic (exact) mass is 377 g/mol. The molecule has 1 aliphatic heterocycles. The van der Waals surface area contributed by atoms with Crippen LogP contribution in [-0.4, -0.2) is 53.5 Å². The Labute approximate surface area is 163 Å². The Morgan fingerprint density at radius 1 is 0.964 bits per heavy atom. The zero-order chi connectivity index (χ0) is 19.5. The van der Waals surface area contributed by atoms with Gasteiger partial charge in [0.1, 0.15) is 11.6 Å². The predicted octanol–water partition coefficient (Wildman–Crippen LogP) is 1.55. The molecule has 4 rings (SSSR count). The standard InChI is InChI=1S/C20H23N7O/c21-17-12-18(25-20(22)24-17)27-9-7-26(8-10-27)13-19(28)23-16-6-5-14-3-1-2-4-15(14)11-16/h1-6,11-12H,7-10,13H2,(H,23,28)(H4,21,22,24,25). The Morgan fingerprint density at radius 3 is 2.46 bits per heavy atom. The first kappa shape index (κ1) is 18.0. The smallest absolute Gasteiger partial charge is 0.238 e. The zero-order valence-corrected chi connectivity index (χ0v) is 15.5. The maximum Gasteiger partial charge on any atom is 0.238 e. The number of aromatic nitrogens is 2. The van der Waals surface area contributed by atoms with Crippen LogP contribution >= 0.6 is 0 Å². The summed E-state index contributed by atoms with van der Waals surface area (Å²) < 4.78 is 0. The molecular formula is C20H23N7O. The molecule has 0 atom stereocenters. The first-order valence-corrected chi connectivity index (χ1v) is 9.23. The fourth-order valence-corrected chi connectivity index (χ4v) is 3.44. The first-order valence-electron chi connectivity index (χ1n) is 9.23. The number of hydrogen-bond donors (Lipinski definition) is 3. The lowest BCUT2D eigenvalue weighted by molar-refractivity contribution is -0.117. The highest BCUT2D eigenvalue weighted by atomic mass is 16.2. The Hall–Kier alpha value is -3.39. The van der Waals surface area contributed by atoms with E-state index >= 15 is 0 Å². The molecule has 1 aromatic heterocycles. The van der Waals surface area contributed by atoms with Crippen LogP contribution in [0.15, 0.2) is 48.5 Å². The minimum Gasteiger partial charge on any atom is -0.383 e. The van der Waals surface area contributed by atoms with Gasteiger partial charge in [-0.3, -0.25) is 9.69 Å². The lowest BCUT2D eigenvalue weighted by Crippen LogP contribution is -2.49. The molecule has 2 aromatic carbocycles. The van der Waals surface area contributed by atoms with Crippen LogP contribution in [-0.2, 0) is 4.79 Å². The minimum absolute atomic E-state index is 0.0146. The highest BCUT2D eigenvalue weighted by Gasteiger charge is 2.20. The van der Waals surface area contributed by atoms with Crippen LogP contribution in [0, 0.1) is 0 Å². The second kappa shape index (κ2) is 7.69. The number of nitrogens with two attached hydrogens (primary N) is 2. The molecule has 1 aliphatic rings. The summed E-state index contributed by atoms with van der Waals surface area (Å²) in [6.45, 7) is 3.37. The Balaban J connectivity index is 1.32. The number of rotatable bonds is 4. The van der Waals surface area contributed by atoms with Gasteiger partial charge in [-0.1, -0.05) is 30.3 Å². The number of amides is 1. The number of hydrogen-bond acceptors (Lipinski definition) is 7. The highest BCUT2D eigenvalue weighted by molar-refractivity contribution is 5.95. The number of carbonyl (C=O) groups is 1. The van der Waals surface area contributed by atoms with E-state index in [1.165, 1.54) is 0 Å². The van der Waals surface area contributed by atoms with Crippen molar-refractivity contribution < 1.29 is 4.79 Å². The van der Waals surface area contributed by atoms with Crippen molar-refractivity contribution in [3.05, 3.63) is 48.5 Å². The van der Waals surface area contributed by atoms with Crippen molar-refractivity contribution in [2.75, 3.05) is 54.4 Å². The van der Waals surface area contributed by atoms with Gasteiger partial charge in [-0.25, -0.2) is 0 Å². The Bertz CT molecular complexity index is 979. The van der Waals surface area contributed by atoms with Crippen LogP contribution < -0.4 is 21.7 Å². The Morgan fingerprint density at radius 2 is 1.71 bits per heavy atom. The molecule has 144 valence electrons.